The van der Waals surface area contributed by atoms with E-state index in [1.807, 2.05) is 6.07 Å². The molecule has 0 aliphatic heterocycles. The number of benzene rings is 4. The summed E-state index contributed by atoms with van der Waals surface area (Å²) in [7, 11) is 0. The number of nitrogens with zero attached hydrogens (tertiary/aromatic N) is 1. The normalized spacial score (nSPS) is 11.2. The lowest BCUT2D eigenvalue weighted by Crippen LogP contribution is -2.30. The maximum atomic E-state index is 13.4. The summed E-state index contributed by atoms with van der Waals surface area (Å²) in [4.78, 5) is 44.3. The van der Waals surface area contributed by atoms with Crippen molar-refractivity contribution in [1.29, 1.82) is 0 Å². The number of halogens is 4. The fourth-order valence-corrected chi connectivity index (χ4v) is 6.48. The van der Waals surface area contributed by atoms with Crippen LogP contribution in [0.2, 0.25) is 20.1 Å². The van der Waals surface area contributed by atoms with Gasteiger partial charge in [-0.15, -0.1) is 23.1 Å². The Morgan fingerprint density at radius 3 is 2.28 bits per heavy atom. The van der Waals surface area contributed by atoms with Crippen LogP contribution in [0.4, 0.5) is 10.8 Å². The molecule has 3 amide bonds. The van der Waals surface area contributed by atoms with E-state index in [0.717, 1.165) is 4.90 Å². The van der Waals surface area contributed by atoms with Gasteiger partial charge in [-0.1, -0.05) is 76.7 Å². The van der Waals surface area contributed by atoms with Crippen LogP contribution in [0.25, 0.3) is 17.3 Å². The van der Waals surface area contributed by atoms with Crippen molar-refractivity contribution in [3.8, 4) is 11.3 Å². The Balaban J connectivity index is 1.24. The Morgan fingerprint density at radius 1 is 0.804 bits per heavy atom. The summed E-state index contributed by atoms with van der Waals surface area (Å²) < 4.78 is 0. The van der Waals surface area contributed by atoms with Crippen LogP contribution >= 0.6 is 69.5 Å². The number of aromatic nitrogens is 1. The van der Waals surface area contributed by atoms with Gasteiger partial charge in [-0.3, -0.25) is 14.4 Å². The molecule has 0 unspecified atom stereocenters. The number of thiazole rings is 1. The van der Waals surface area contributed by atoms with Crippen LogP contribution in [0.5, 0.6) is 0 Å². The Hall–Kier alpha value is -3.83. The molecule has 232 valence electrons. The number of carbonyl (C=O) groups excluding carboxylic acids is 3. The Morgan fingerprint density at radius 2 is 1.54 bits per heavy atom. The molecule has 0 aliphatic rings. The molecule has 0 aliphatic carbocycles. The highest BCUT2D eigenvalue weighted by atomic mass is 35.5. The molecule has 3 N–H and O–H groups in total. The van der Waals surface area contributed by atoms with Crippen LogP contribution in [-0.2, 0) is 9.59 Å². The monoisotopic (exact) mass is 726 g/mol. The van der Waals surface area contributed by atoms with Crippen LogP contribution in [0, 0.1) is 0 Å². The zero-order chi connectivity index (χ0) is 32.6. The van der Waals surface area contributed by atoms with E-state index in [1.54, 1.807) is 90.3 Å². The van der Waals surface area contributed by atoms with Gasteiger partial charge in [0.25, 0.3) is 11.8 Å². The summed E-state index contributed by atoms with van der Waals surface area (Å²) in [5, 5.41) is 12.3. The molecule has 4 aromatic carbocycles. The third-order valence-corrected chi connectivity index (χ3v) is 9.07. The number of hydrogen-bond acceptors (Lipinski definition) is 6. The number of thioether (sulfide) groups is 1. The van der Waals surface area contributed by atoms with E-state index in [-0.39, 0.29) is 17.4 Å². The molecule has 0 bridgehead atoms. The third kappa shape index (κ3) is 9.13. The lowest BCUT2D eigenvalue weighted by atomic mass is 10.1. The molecule has 5 rings (SSSR count). The average molecular weight is 729 g/mol. The second kappa shape index (κ2) is 15.6. The van der Waals surface area contributed by atoms with Crippen LogP contribution in [0.15, 0.2) is 107 Å². The molecule has 0 fully saturated rings. The van der Waals surface area contributed by atoms with Gasteiger partial charge in [0.05, 0.1) is 16.5 Å². The second-order valence-electron chi connectivity index (χ2n) is 9.52. The van der Waals surface area contributed by atoms with Crippen molar-refractivity contribution in [2.45, 2.75) is 4.90 Å². The highest BCUT2D eigenvalue weighted by Crippen LogP contribution is 2.32. The minimum absolute atomic E-state index is 0.0294. The van der Waals surface area contributed by atoms with Gasteiger partial charge in [0.1, 0.15) is 5.70 Å². The van der Waals surface area contributed by atoms with Crippen LogP contribution in [0.3, 0.4) is 0 Å². The summed E-state index contributed by atoms with van der Waals surface area (Å²) in [6, 6.07) is 25.5. The van der Waals surface area contributed by atoms with E-state index in [9.17, 15) is 14.4 Å². The summed E-state index contributed by atoms with van der Waals surface area (Å²) in [6.45, 7) is 0. The van der Waals surface area contributed by atoms with Gasteiger partial charge in [-0.25, -0.2) is 4.98 Å². The molecule has 0 atom stereocenters. The Kier molecular flexibility index (Phi) is 11.4. The van der Waals surface area contributed by atoms with Gasteiger partial charge < -0.3 is 16.0 Å². The van der Waals surface area contributed by atoms with E-state index >= 15 is 0 Å². The van der Waals surface area contributed by atoms with E-state index < -0.39 is 11.8 Å². The maximum absolute atomic E-state index is 13.4. The van der Waals surface area contributed by atoms with Gasteiger partial charge >= 0.3 is 0 Å². The molecule has 0 saturated carbocycles. The topological polar surface area (TPSA) is 100 Å². The first-order chi connectivity index (χ1) is 22.1. The van der Waals surface area contributed by atoms with E-state index in [4.69, 9.17) is 46.4 Å². The average Bonchev–Trinajstić information content (AvgIpc) is 3.49. The maximum Gasteiger partial charge on any atom is 0.272 e. The number of nitrogens with one attached hydrogen (secondary N) is 3. The van der Waals surface area contributed by atoms with Gasteiger partial charge in [0.2, 0.25) is 5.91 Å². The second-order valence-corrected chi connectivity index (χ2v) is 13.1. The zero-order valence-electron chi connectivity index (χ0n) is 23.5. The third-order valence-electron chi connectivity index (χ3n) is 6.21. The molecule has 0 radical (unpaired) electrons. The molecular formula is C33H22Cl4N4O3S2. The molecule has 7 nitrogen and oxygen atoms in total. The Bertz CT molecular complexity index is 1950. The Labute approximate surface area is 292 Å². The summed E-state index contributed by atoms with van der Waals surface area (Å²) >= 11 is 27.2. The van der Waals surface area contributed by atoms with Gasteiger partial charge in [0, 0.05) is 42.2 Å². The molecular weight excluding hydrogens is 706 g/mol. The highest BCUT2D eigenvalue weighted by Gasteiger charge is 2.17. The van der Waals surface area contributed by atoms with Crippen molar-refractivity contribution < 1.29 is 14.4 Å². The van der Waals surface area contributed by atoms with Crippen molar-refractivity contribution in [2.75, 3.05) is 16.4 Å². The summed E-state index contributed by atoms with van der Waals surface area (Å²) in [5.41, 5.74) is 2.64. The van der Waals surface area contributed by atoms with E-state index in [1.165, 1.54) is 29.2 Å². The zero-order valence-corrected chi connectivity index (χ0v) is 28.2. The van der Waals surface area contributed by atoms with Crippen molar-refractivity contribution in [1.82, 2.24) is 10.3 Å². The molecule has 0 saturated heterocycles. The predicted molar refractivity (Wildman–Crippen MR) is 190 cm³/mol. The SMILES string of the molecule is O=C(CSc1cccc(NC(=O)/C(=C\c2ccc(Cl)cc2Cl)NC(=O)c2ccccc2)c1)Nc1nc(-c2ccc(Cl)cc2Cl)cs1. The van der Waals surface area contributed by atoms with Crippen LogP contribution in [-0.4, -0.2) is 28.5 Å². The standard InChI is InChI=1S/C33H22Cl4N4O3S2/c34-21-10-9-20(26(36)14-21)13-28(39-31(43)19-5-2-1-3-6-19)32(44)38-23-7-4-8-24(16-23)45-18-30(42)41-33-40-29(17-46-33)25-12-11-22(35)15-27(25)37/h1-17H,18H2,(H,38,44)(H,39,43)(H,40,41,42)/b28-13+. The minimum atomic E-state index is -0.574. The fraction of sp³-hybridized carbons (Fsp3) is 0.0303. The number of amides is 3. The van der Waals surface area contributed by atoms with Gasteiger partial charge in [-0.05, 0) is 72.3 Å². The first-order valence-electron chi connectivity index (χ1n) is 13.4. The predicted octanol–water partition coefficient (Wildman–Crippen LogP) is 9.56. The molecule has 0 spiro atoms. The van der Waals surface area contributed by atoms with Crippen molar-refractivity contribution >= 4 is 104 Å². The number of rotatable bonds is 10. The van der Waals surface area contributed by atoms with Crippen molar-refractivity contribution in [2.24, 2.45) is 0 Å². The summed E-state index contributed by atoms with van der Waals surface area (Å²) in [6.07, 6.45) is 1.47. The lowest BCUT2D eigenvalue weighted by Gasteiger charge is -2.12. The smallest absolute Gasteiger partial charge is 0.272 e. The lowest BCUT2D eigenvalue weighted by molar-refractivity contribution is -0.114. The molecule has 5 aromatic rings. The van der Waals surface area contributed by atoms with Gasteiger partial charge in [0.15, 0.2) is 5.13 Å². The number of carbonyl (C=O) groups is 3. The number of anilines is 2. The van der Waals surface area contributed by atoms with Gasteiger partial charge in [-0.2, -0.15) is 0 Å². The highest BCUT2D eigenvalue weighted by molar-refractivity contribution is 8.00. The largest absolute Gasteiger partial charge is 0.321 e. The molecule has 1 aromatic heterocycles. The van der Waals surface area contributed by atoms with E-state index in [0.29, 0.717) is 53.3 Å². The number of hydrogen-bond donors (Lipinski definition) is 3. The molecule has 13 heteroatoms. The summed E-state index contributed by atoms with van der Waals surface area (Å²) in [5.74, 6) is -1.20. The van der Waals surface area contributed by atoms with Crippen molar-refractivity contribution in [3.05, 3.63) is 133 Å². The van der Waals surface area contributed by atoms with Crippen LogP contribution in [0.1, 0.15) is 15.9 Å². The first kappa shape index (κ1) is 33.5. The fourth-order valence-electron chi connectivity index (χ4n) is 4.03. The molecule has 1 heterocycles. The minimum Gasteiger partial charge on any atom is -0.321 e. The van der Waals surface area contributed by atoms with E-state index in [2.05, 4.69) is 20.9 Å². The van der Waals surface area contributed by atoms with Crippen molar-refractivity contribution in [3.63, 3.8) is 0 Å². The first-order valence-corrected chi connectivity index (χ1v) is 16.8. The van der Waals surface area contributed by atoms with Crippen LogP contribution < -0.4 is 16.0 Å². The molecule has 46 heavy (non-hydrogen) atoms. The quantitative estimate of drug-likeness (QED) is 0.0983.